The number of halogens is 3. The topological polar surface area (TPSA) is 98.5 Å². The molecule has 120 valence electrons. The number of ether oxygens (including phenoxy) is 1. The van der Waals surface area contributed by atoms with Crippen LogP contribution in [0, 0.1) is 5.82 Å². The average Bonchev–Trinajstić information content (AvgIpc) is 2.47. The molecule has 0 radical (unpaired) electrons. The van der Waals surface area contributed by atoms with Crippen LogP contribution in [0.15, 0.2) is 22.7 Å². The van der Waals surface area contributed by atoms with Crippen LogP contribution >= 0.6 is 15.9 Å². The SMILES string of the molecule is COC(=O)[C@H](C[C@H](F)C(N)=O)NC(=O)c1cc(Br)ccc1F. The molecule has 2 atom stereocenters. The van der Waals surface area contributed by atoms with Crippen molar-refractivity contribution in [3.8, 4) is 0 Å². The maximum atomic E-state index is 13.6. The number of methoxy groups -OCH3 is 1. The van der Waals surface area contributed by atoms with E-state index in [0.29, 0.717) is 4.47 Å². The van der Waals surface area contributed by atoms with Gasteiger partial charge in [-0.05, 0) is 18.2 Å². The smallest absolute Gasteiger partial charge is 0.328 e. The Morgan fingerprint density at radius 1 is 1.41 bits per heavy atom. The Kier molecular flexibility index (Phi) is 6.41. The lowest BCUT2D eigenvalue weighted by Crippen LogP contribution is -2.45. The summed E-state index contributed by atoms with van der Waals surface area (Å²) in [7, 11) is 1.03. The Labute approximate surface area is 133 Å². The number of primary amides is 1. The first-order chi connectivity index (χ1) is 10.3. The first-order valence-electron chi connectivity index (χ1n) is 6.03. The second-order valence-electron chi connectivity index (χ2n) is 4.28. The van der Waals surface area contributed by atoms with Crippen molar-refractivity contribution in [2.45, 2.75) is 18.6 Å². The van der Waals surface area contributed by atoms with Gasteiger partial charge in [0.25, 0.3) is 11.8 Å². The number of nitrogens with two attached hydrogens (primary N) is 1. The monoisotopic (exact) mass is 378 g/mol. The van der Waals surface area contributed by atoms with Gasteiger partial charge < -0.3 is 15.8 Å². The third-order valence-corrected chi connectivity index (χ3v) is 3.21. The van der Waals surface area contributed by atoms with Crippen LogP contribution in [0.25, 0.3) is 0 Å². The van der Waals surface area contributed by atoms with Crippen LogP contribution in [0.3, 0.4) is 0 Å². The predicted molar refractivity (Wildman–Crippen MR) is 76.1 cm³/mol. The molecular weight excluding hydrogens is 366 g/mol. The Hall–Kier alpha value is -2.03. The van der Waals surface area contributed by atoms with Gasteiger partial charge in [0.05, 0.1) is 12.7 Å². The molecule has 0 fully saturated rings. The summed E-state index contributed by atoms with van der Waals surface area (Å²) in [5.74, 6) is -4.04. The van der Waals surface area contributed by atoms with Gasteiger partial charge in [-0.2, -0.15) is 0 Å². The number of hydrogen-bond acceptors (Lipinski definition) is 4. The molecule has 1 aromatic carbocycles. The minimum atomic E-state index is -2.16. The number of esters is 1. The van der Waals surface area contributed by atoms with E-state index in [1.165, 1.54) is 12.1 Å². The third-order valence-electron chi connectivity index (χ3n) is 2.72. The van der Waals surface area contributed by atoms with E-state index in [0.717, 1.165) is 13.2 Å². The molecular formula is C13H13BrF2N2O4. The largest absolute Gasteiger partial charge is 0.467 e. The van der Waals surface area contributed by atoms with E-state index in [1.807, 2.05) is 0 Å². The maximum Gasteiger partial charge on any atom is 0.328 e. The molecule has 0 aliphatic carbocycles. The van der Waals surface area contributed by atoms with Crippen LogP contribution in [0.2, 0.25) is 0 Å². The maximum absolute atomic E-state index is 13.6. The highest BCUT2D eigenvalue weighted by Crippen LogP contribution is 2.16. The van der Waals surface area contributed by atoms with Crippen molar-refractivity contribution in [3.63, 3.8) is 0 Å². The second kappa shape index (κ2) is 7.83. The zero-order valence-corrected chi connectivity index (χ0v) is 13.0. The van der Waals surface area contributed by atoms with Gasteiger partial charge in [0.1, 0.15) is 11.9 Å². The van der Waals surface area contributed by atoms with Gasteiger partial charge in [-0.25, -0.2) is 13.6 Å². The molecule has 1 rings (SSSR count). The Balaban J connectivity index is 2.93. The quantitative estimate of drug-likeness (QED) is 0.723. The molecule has 0 aliphatic rings. The number of hydrogen-bond donors (Lipinski definition) is 2. The molecule has 22 heavy (non-hydrogen) atoms. The van der Waals surface area contributed by atoms with Gasteiger partial charge in [0.15, 0.2) is 6.17 Å². The van der Waals surface area contributed by atoms with Crippen LogP contribution in [0.5, 0.6) is 0 Å². The summed E-state index contributed by atoms with van der Waals surface area (Å²) in [5.41, 5.74) is 4.42. The van der Waals surface area contributed by atoms with E-state index < -0.39 is 42.2 Å². The molecule has 2 amide bonds. The fourth-order valence-corrected chi connectivity index (χ4v) is 1.95. The van der Waals surface area contributed by atoms with E-state index in [9.17, 15) is 23.2 Å². The lowest BCUT2D eigenvalue weighted by molar-refractivity contribution is -0.143. The van der Waals surface area contributed by atoms with Gasteiger partial charge in [-0.1, -0.05) is 15.9 Å². The number of carbonyl (C=O) groups is 3. The van der Waals surface area contributed by atoms with Crippen molar-refractivity contribution in [1.82, 2.24) is 5.32 Å². The van der Waals surface area contributed by atoms with Gasteiger partial charge in [0.2, 0.25) is 0 Å². The molecule has 0 aromatic heterocycles. The first-order valence-corrected chi connectivity index (χ1v) is 6.82. The molecule has 0 unspecified atom stereocenters. The zero-order chi connectivity index (χ0) is 16.9. The van der Waals surface area contributed by atoms with E-state index in [1.54, 1.807) is 0 Å². The Bertz CT molecular complexity index is 597. The molecule has 0 saturated carbocycles. The Morgan fingerprint density at radius 3 is 2.59 bits per heavy atom. The minimum absolute atomic E-state index is 0.349. The van der Waals surface area contributed by atoms with E-state index in [4.69, 9.17) is 5.73 Å². The third kappa shape index (κ3) is 4.76. The summed E-state index contributed by atoms with van der Waals surface area (Å²) in [6.45, 7) is 0. The fourth-order valence-electron chi connectivity index (χ4n) is 1.59. The number of nitrogens with one attached hydrogen (secondary N) is 1. The summed E-state index contributed by atoms with van der Waals surface area (Å²) in [6.07, 6.45) is -2.86. The van der Waals surface area contributed by atoms with Crippen molar-refractivity contribution in [1.29, 1.82) is 0 Å². The fraction of sp³-hybridized carbons (Fsp3) is 0.308. The van der Waals surface area contributed by atoms with E-state index >= 15 is 0 Å². The van der Waals surface area contributed by atoms with Gasteiger partial charge in [-0.15, -0.1) is 0 Å². The molecule has 1 aromatic rings. The number of benzene rings is 1. The van der Waals surface area contributed by atoms with Crippen molar-refractivity contribution in [3.05, 3.63) is 34.1 Å². The van der Waals surface area contributed by atoms with Crippen molar-refractivity contribution in [2.24, 2.45) is 5.73 Å². The summed E-state index contributed by atoms with van der Waals surface area (Å²) >= 11 is 3.07. The average molecular weight is 379 g/mol. The van der Waals surface area contributed by atoms with Gasteiger partial charge in [-0.3, -0.25) is 9.59 Å². The van der Waals surface area contributed by atoms with Gasteiger partial charge in [0, 0.05) is 10.9 Å². The summed E-state index contributed by atoms with van der Waals surface area (Å²) in [5, 5.41) is 2.12. The zero-order valence-electron chi connectivity index (χ0n) is 11.4. The highest BCUT2D eigenvalue weighted by Gasteiger charge is 2.29. The highest BCUT2D eigenvalue weighted by molar-refractivity contribution is 9.10. The standard InChI is InChI=1S/C13H13BrF2N2O4/c1-22-13(21)10(5-9(16)11(17)19)18-12(20)7-4-6(14)2-3-8(7)15/h2-4,9-10H,5H2,1H3,(H2,17,19)(H,18,20)/t9-,10-/m0/s1. The van der Waals surface area contributed by atoms with E-state index in [-0.39, 0.29) is 5.56 Å². The van der Waals surface area contributed by atoms with Crippen LogP contribution < -0.4 is 11.1 Å². The molecule has 6 nitrogen and oxygen atoms in total. The normalized spacial score (nSPS) is 13.1. The first kappa shape index (κ1) is 18.0. The molecule has 0 spiro atoms. The number of carbonyl (C=O) groups excluding carboxylic acids is 3. The molecule has 9 heteroatoms. The highest BCUT2D eigenvalue weighted by atomic mass is 79.9. The summed E-state index contributed by atoms with van der Waals surface area (Å²) in [6, 6.07) is 2.15. The minimum Gasteiger partial charge on any atom is -0.467 e. The summed E-state index contributed by atoms with van der Waals surface area (Å²) < 4.78 is 31.8. The predicted octanol–water partition coefficient (Wildman–Crippen LogP) is 1.07. The lowest BCUT2D eigenvalue weighted by Gasteiger charge is -2.17. The van der Waals surface area contributed by atoms with E-state index in [2.05, 4.69) is 26.0 Å². The Morgan fingerprint density at radius 2 is 2.05 bits per heavy atom. The van der Waals surface area contributed by atoms with Crippen LogP contribution in [0.4, 0.5) is 8.78 Å². The molecule has 3 N–H and O–H groups in total. The molecule has 0 bridgehead atoms. The van der Waals surface area contributed by atoms with Gasteiger partial charge >= 0.3 is 5.97 Å². The molecule has 0 aliphatic heterocycles. The molecule has 0 heterocycles. The van der Waals surface area contributed by atoms with Crippen molar-refractivity contribution < 1.29 is 27.9 Å². The van der Waals surface area contributed by atoms with Crippen LogP contribution in [-0.2, 0) is 14.3 Å². The van der Waals surface area contributed by atoms with Crippen molar-refractivity contribution >= 4 is 33.7 Å². The van der Waals surface area contributed by atoms with Crippen molar-refractivity contribution in [2.75, 3.05) is 7.11 Å². The number of rotatable bonds is 6. The number of amides is 2. The molecule has 0 saturated heterocycles. The second-order valence-corrected chi connectivity index (χ2v) is 5.19. The summed E-state index contributed by atoms with van der Waals surface area (Å²) in [4.78, 5) is 34.2. The van der Waals surface area contributed by atoms with Crippen LogP contribution in [0.1, 0.15) is 16.8 Å². The lowest BCUT2D eigenvalue weighted by atomic mass is 10.1. The van der Waals surface area contributed by atoms with Crippen LogP contribution in [-0.4, -0.2) is 37.1 Å². The number of alkyl halides is 1.